The average molecular weight is 363 g/mol. The summed E-state index contributed by atoms with van der Waals surface area (Å²) in [7, 11) is 1.77. The van der Waals surface area contributed by atoms with Crippen LogP contribution in [0, 0.1) is 6.92 Å². The summed E-state index contributed by atoms with van der Waals surface area (Å²) in [6.07, 6.45) is 8.44. The second kappa shape index (κ2) is 7.82. The van der Waals surface area contributed by atoms with Gasteiger partial charge in [0.2, 0.25) is 5.91 Å². The minimum Gasteiger partial charge on any atom is -0.352 e. The minimum absolute atomic E-state index is 0.157. The molecule has 0 aliphatic carbocycles. The molecule has 0 fully saturated rings. The Morgan fingerprint density at radius 1 is 1.32 bits per heavy atom. The smallest absolute Gasteiger partial charge is 0.244 e. The predicted octanol–water partition coefficient (Wildman–Crippen LogP) is 2.07. The molecular weight excluding hydrogens is 340 g/mol. The first kappa shape index (κ1) is 17.7. The van der Waals surface area contributed by atoms with Crippen molar-refractivity contribution in [1.82, 2.24) is 29.9 Å². The van der Waals surface area contributed by atoms with Gasteiger partial charge in [-0.2, -0.15) is 5.10 Å². The molecule has 2 aromatic rings. The summed E-state index contributed by atoms with van der Waals surface area (Å²) < 4.78 is 3.79. The lowest BCUT2D eigenvalue weighted by atomic mass is 10.2. The number of halogens is 1. The molecule has 0 unspecified atom stereocenters. The van der Waals surface area contributed by atoms with Crippen LogP contribution < -0.4 is 5.32 Å². The predicted molar refractivity (Wildman–Crippen MR) is 96.3 cm³/mol. The molecule has 1 aliphatic heterocycles. The highest BCUT2D eigenvalue weighted by Crippen LogP contribution is 2.19. The van der Waals surface area contributed by atoms with Crippen LogP contribution in [0.15, 0.2) is 6.08 Å². The van der Waals surface area contributed by atoms with Gasteiger partial charge in [-0.15, -0.1) is 10.2 Å². The molecule has 1 aliphatic rings. The first-order valence-corrected chi connectivity index (χ1v) is 9.00. The van der Waals surface area contributed by atoms with Crippen LogP contribution in [0.5, 0.6) is 0 Å². The molecule has 0 spiro atoms. The number of aromatic nitrogens is 5. The molecule has 7 nitrogen and oxygen atoms in total. The first-order valence-electron chi connectivity index (χ1n) is 8.62. The van der Waals surface area contributed by atoms with Crippen molar-refractivity contribution in [2.75, 3.05) is 6.54 Å². The third kappa shape index (κ3) is 4.10. The van der Waals surface area contributed by atoms with E-state index in [9.17, 15) is 4.79 Å². The first-order chi connectivity index (χ1) is 12.1. The van der Waals surface area contributed by atoms with E-state index in [4.69, 9.17) is 11.6 Å². The van der Waals surface area contributed by atoms with E-state index < -0.39 is 0 Å². The topological polar surface area (TPSA) is 77.6 Å². The van der Waals surface area contributed by atoms with Gasteiger partial charge in [-0.3, -0.25) is 9.48 Å². The third-order valence-electron chi connectivity index (χ3n) is 4.43. The van der Waals surface area contributed by atoms with Crippen molar-refractivity contribution in [3.05, 3.63) is 34.1 Å². The number of rotatable bonds is 5. The molecule has 0 atom stereocenters. The van der Waals surface area contributed by atoms with Gasteiger partial charge in [0.05, 0.1) is 5.69 Å². The molecule has 0 bridgehead atoms. The van der Waals surface area contributed by atoms with Crippen LogP contribution >= 0.6 is 11.6 Å². The van der Waals surface area contributed by atoms with Gasteiger partial charge in [-0.1, -0.05) is 18.0 Å². The summed E-state index contributed by atoms with van der Waals surface area (Å²) in [5.41, 5.74) is 1.56. The van der Waals surface area contributed by atoms with Crippen molar-refractivity contribution in [3.8, 4) is 0 Å². The average Bonchev–Trinajstić information content (AvgIpc) is 2.96. The summed E-state index contributed by atoms with van der Waals surface area (Å²) in [5, 5.41) is 16.2. The van der Waals surface area contributed by atoms with Gasteiger partial charge in [-0.25, -0.2) is 0 Å². The molecular formula is C17H23ClN6O. The lowest BCUT2D eigenvalue weighted by molar-refractivity contribution is -0.116. The Balaban J connectivity index is 1.53. The number of carbonyl (C=O) groups excluding carboxylic acids is 1. The standard InChI is InChI=1S/C17H23ClN6O/c1-12-13(17(18)23(2)22-12)7-8-16(25)19-10-9-15-21-20-14-6-4-3-5-11-24(14)15/h7-8H,3-6,9-11H2,1-2H3,(H,19,25)/b8-7+. The zero-order valence-corrected chi connectivity index (χ0v) is 15.4. The van der Waals surface area contributed by atoms with Crippen molar-refractivity contribution >= 4 is 23.6 Å². The Labute approximate surface area is 152 Å². The second-order valence-corrected chi connectivity index (χ2v) is 6.64. The Hall–Kier alpha value is -2.15. The van der Waals surface area contributed by atoms with Gasteiger partial charge in [0.1, 0.15) is 16.8 Å². The summed E-state index contributed by atoms with van der Waals surface area (Å²) in [5.74, 6) is 1.86. The minimum atomic E-state index is -0.157. The van der Waals surface area contributed by atoms with Crippen molar-refractivity contribution in [1.29, 1.82) is 0 Å². The molecule has 25 heavy (non-hydrogen) atoms. The number of amides is 1. The van der Waals surface area contributed by atoms with Crippen LogP contribution in [0.3, 0.4) is 0 Å². The summed E-state index contributed by atoms with van der Waals surface area (Å²) in [4.78, 5) is 12.0. The molecule has 134 valence electrons. The lowest BCUT2D eigenvalue weighted by Gasteiger charge is -2.07. The molecule has 0 saturated heterocycles. The van der Waals surface area contributed by atoms with Crippen LogP contribution in [-0.4, -0.2) is 37.0 Å². The van der Waals surface area contributed by atoms with E-state index in [0.29, 0.717) is 18.1 Å². The Bertz CT molecular complexity index is 791. The Morgan fingerprint density at radius 2 is 2.16 bits per heavy atom. The van der Waals surface area contributed by atoms with Crippen LogP contribution in [0.4, 0.5) is 0 Å². The van der Waals surface area contributed by atoms with Crippen molar-refractivity contribution in [2.24, 2.45) is 7.05 Å². The van der Waals surface area contributed by atoms with Crippen molar-refractivity contribution in [3.63, 3.8) is 0 Å². The highest BCUT2D eigenvalue weighted by molar-refractivity contribution is 6.31. The van der Waals surface area contributed by atoms with Crippen LogP contribution in [0.25, 0.3) is 6.08 Å². The van der Waals surface area contributed by atoms with E-state index in [1.807, 2.05) is 6.92 Å². The van der Waals surface area contributed by atoms with Gasteiger partial charge in [-0.05, 0) is 25.8 Å². The molecule has 3 heterocycles. The maximum absolute atomic E-state index is 12.0. The van der Waals surface area contributed by atoms with Crippen molar-refractivity contribution < 1.29 is 4.79 Å². The summed E-state index contributed by atoms with van der Waals surface area (Å²) in [6.45, 7) is 3.37. The van der Waals surface area contributed by atoms with E-state index in [0.717, 1.165) is 35.9 Å². The van der Waals surface area contributed by atoms with Crippen LogP contribution in [0.1, 0.15) is 42.2 Å². The largest absolute Gasteiger partial charge is 0.352 e. The SMILES string of the molecule is Cc1nn(C)c(Cl)c1/C=C/C(=O)NCCc1nnc2n1CCCCC2. The van der Waals surface area contributed by atoms with E-state index in [1.165, 1.54) is 25.3 Å². The highest BCUT2D eigenvalue weighted by Gasteiger charge is 2.14. The molecule has 0 radical (unpaired) electrons. The number of nitrogens with one attached hydrogen (secondary N) is 1. The summed E-state index contributed by atoms with van der Waals surface area (Å²) >= 11 is 6.15. The van der Waals surface area contributed by atoms with E-state index in [1.54, 1.807) is 17.8 Å². The Kier molecular flexibility index (Phi) is 5.53. The maximum atomic E-state index is 12.0. The van der Waals surface area contributed by atoms with Gasteiger partial charge in [0, 0.05) is 44.6 Å². The highest BCUT2D eigenvalue weighted by atomic mass is 35.5. The molecule has 0 aromatic carbocycles. The molecule has 1 amide bonds. The van der Waals surface area contributed by atoms with Crippen LogP contribution in [-0.2, 0) is 31.2 Å². The third-order valence-corrected chi connectivity index (χ3v) is 4.88. The second-order valence-electron chi connectivity index (χ2n) is 6.28. The molecule has 1 N–H and O–H groups in total. The number of nitrogens with zero attached hydrogens (tertiary/aromatic N) is 5. The molecule has 8 heteroatoms. The fourth-order valence-electron chi connectivity index (χ4n) is 3.08. The maximum Gasteiger partial charge on any atom is 0.244 e. The van der Waals surface area contributed by atoms with Gasteiger partial charge >= 0.3 is 0 Å². The van der Waals surface area contributed by atoms with Gasteiger partial charge in [0.15, 0.2) is 0 Å². The van der Waals surface area contributed by atoms with Gasteiger partial charge in [0.25, 0.3) is 0 Å². The summed E-state index contributed by atoms with van der Waals surface area (Å²) in [6, 6.07) is 0. The number of fused-ring (bicyclic) bond motifs is 1. The van der Waals surface area contributed by atoms with Crippen molar-refractivity contribution in [2.45, 2.75) is 45.6 Å². The molecule has 2 aromatic heterocycles. The normalized spacial score (nSPS) is 14.5. The Morgan fingerprint density at radius 3 is 2.92 bits per heavy atom. The van der Waals surface area contributed by atoms with E-state index in [2.05, 4.69) is 25.2 Å². The molecule has 3 rings (SSSR count). The van der Waals surface area contributed by atoms with Gasteiger partial charge < -0.3 is 9.88 Å². The van der Waals surface area contributed by atoms with E-state index in [-0.39, 0.29) is 5.91 Å². The molecule has 0 saturated carbocycles. The number of aryl methyl sites for hydroxylation is 3. The van der Waals surface area contributed by atoms with Crippen LogP contribution in [0.2, 0.25) is 5.15 Å². The number of carbonyl (C=O) groups is 1. The zero-order chi connectivity index (χ0) is 17.8. The quantitative estimate of drug-likeness (QED) is 0.826. The fraction of sp³-hybridized carbons (Fsp3) is 0.529. The van der Waals surface area contributed by atoms with E-state index >= 15 is 0 Å². The number of hydrogen-bond donors (Lipinski definition) is 1. The lowest BCUT2D eigenvalue weighted by Crippen LogP contribution is -2.24. The fourth-order valence-corrected chi connectivity index (χ4v) is 3.32. The zero-order valence-electron chi connectivity index (χ0n) is 14.6. The monoisotopic (exact) mass is 362 g/mol. The number of hydrogen-bond acceptors (Lipinski definition) is 4.